The van der Waals surface area contributed by atoms with Gasteiger partial charge in [0.15, 0.2) is 0 Å². The summed E-state index contributed by atoms with van der Waals surface area (Å²) in [6.07, 6.45) is 4.34. The minimum Gasteiger partial charge on any atom is -0.385 e. The van der Waals surface area contributed by atoms with Gasteiger partial charge in [-0.05, 0) is 43.5 Å². The molecule has 1 fully saturated rings. The van der Waals surface area contributed by atoms with Gasteiger partial charge in [-0.25, -0.2) is 4.98 Å². The molecule has 0 radical (unpaired) electrons. The molecule has 1 amide bonds. The minimum atomic E-state index is -0.233. The van der Waals surface area contributed by atoms with Gasteiger partial charge in [0.1, 0.15) is 11.4 Å². The van der Waals surface area contributed by atoms with Crippen molar-refractivity contribution in [3.8, 4) is 0 Å². The molecule has 7 nitrogen and oxygen atoms in total. The summed E-state index contributed by atoms with van der Waals surface area (Å²) >= 11 is 0. The summed E-state index contributed by atoms with van der Waals surface area (Å²) in [6.45, 7) is 2.36. The number of nitrogens with zero attached hydrogens (tertiary/aromatic N) is 4. The maximum Gasteiger partial charge on any atom is 0.263 e. The number of pyridine rings is 1. The Bertz CT molecular complexity index is 1100. The third kappa shape index (κ3) is 3.89. The summed E-state index contributed by atoms with van der Waals surface area (Å²) < 4.78 is 8.78. The number of para-hydroxylation sites is 2. The molecule has 1 aromatic carbocycles. The molecule has 1 aliphatic heterocycles. The number of hydrogen-bond donors (Lipinski definition) is 0. The van der Waals surface area contributed by atoms with E-state index in [0.29, 0.717) is 26.2 Å². The second-order valence-corrected chi connectivity index (χ2v) is 7.87. The molecule has 0 aliphatic carbocycles. The van der Waals surface area contributed by atoms with Crippen molar-refractivity contribution in [2.24, 2.45) is 7.05 Å². The van der Waals surface area contributed by atoms with Crippen molar-refractivity contribution in [3.05, 3.63) is 64.3 Å². The SMILES string of the molecule is COCCCn1cccc(C(=O)N2CCCC(c3nc4ccccc4n3C)C2)c1=O. The number of carbonyl (C=O) groups excluding carboxylic acids is 1. The zero-order chi connectivity index (χ0) is 21.1. The zero-order valence-electron chi connectivity index (χ0n) is 17.6. The smallest absolute Gasteiger partial charge is 0.263 e. The van der Waals surface area contributed by atoms with Crippen molar-refractivity contribution in [1.29, 1.82) is 0 Å². The maximum absolute atomic E-state index is 13.2. The summed E-state index contributed by atoms with van der Waals surface area (Å²) in [4.78, 5) is 32.7. The fourth-order valence-electron chi connectivity index (χ4n) is 4.33. The number of methoxy groups -OCH3 is 1. The van der Waals surface area contributed by atoms with E-state index in [1.807, 2.05) is 30.1 Å². The van der Waals surface area contributed by atoms with Crippen LogP contribution < -0.4 is 5.56 Å². The predicted molar refractivity (Wildman–Crippen MR) is 116 cm³/mol. The Kier molecular flexibility index (Phi) is 5.99. The molecule has 1 saturated heterocycles. The molecule has 1 unspecified atom stereocenters. The fourth-order valence-corrected chi connectivity index (χ4v) is 4.33. The van der Waals surface area contributed by atoms with Crippen LogP contribution in [-0.2, 0) is 18.3 Å². The molecule has 0 N–H and O–H groups in total. The number of aryl methyl sites for hydroxylation is 2. The Morgan fingerprint density at radius 1 is 1.23 bits per heavy atom. The minimum absolute atomic E-state index is 0.160. The maximum atomic E-state index is 13.2. The molecule has 3 aromatic rings. The van der Waals surface area contributed by atoms with Crippen molar-refractivity contribution < 1.29 is 9.53 Å². The summed E-state index contributed by atoms with van der Waals surface area (Å²) in [5.41, 5.74) is 2.07. The van der Waals surface area contributed by atoms with Gasteiger partial charge in [-0.3, -0.25) is 9.59 Å². The first-order valence-electron chi connectivity index (χ1n) is 10.5. The molecular weight excluding hydrogens is 380 g/mol. The number of fused-ring (bicyclic) bond motifs is 1. The molecule has 2 aromatic heterocycles. The molecular formula is C23H28N4O3. The van der Waals surface area contributed by atoms with E-state index in [1.165, 1.54) is 0 Å². The molecule has 158 valence electrons. The standard InChI is InChI=1S/C23H28N4O3/c1-25-20-11-4-3-10-19(20)24-21(25)17-8-5-13-27(16-17)23(29)18-9-6-12-26(22(18)28)14-7-15-30-2/h3-4,6,9-12,17H,5,7-8,13-16H2,1-2H3. The number of ether oxygens (including phenoxy) is 1. The topological polar surface area (TPSA) is 69.4 Å². The molecule has 1 atom stereocenters. The van der Waals surface area contributed by atoms with Crippen LogP contribution in [0.4, 0.5) is 0 Å². The number of carbonyl (C=O) groups is 1. The first kappa shape index (κ1) is 20.3. The highest BCUT2D eigenvalue weighted by Gasteiger charge is 2.29. The quantitative estimate of drug-likeness (QED) is 0.588. The Hall–Kier alpha value is -2.93. The van der Waals surface area contributed by atoms with Crippen molar-refractivity contribution in [3.63, 3.8) is 0 Å². The van der Waals surface area contributed by atoms with Crippen LogP contribution in [0, 0.1) is 0 Å². The molecule has 4 rings (SSSR count). The van der Waals surface area contributed by atoms with Crippen molar-refractivity contribution in [2.45, 2.75) is 31.7 Å². The van der Waals surface area contributed by atoms with Gasteiger partial charge in [0.05, 0.1) is 11.0 Å². The lowest BCUT2D eigenvalue weighted by Gasteiger charge is -2.32. The van der Waals surface area contributed by atoms with Gasteiger partial charge < -0.3 is 18.8 Å². The Morgan fingerprint density at radius 3 is 2.87 bits per heavy atom. The second-order valence-electron chi connectivity index (χ2n) is 7.87. The van der Waals surface area contributed by atoms with Crippen LogP contribution in [0.3, 0.4) is 0 Å². The molecule has 30 heavy (non-hydrogen) atoms. The van der Waals surface area contributed by atoms with Crippen LogP contribution in [0.15, 0.2) is 47.4 Å². The summed E-state index contributed by atoms with van der Waals surface area (Å²) in [7, 11) is 3.67. The molecule has 0 bridgehead atoms. The Labute approximate surface area is 175 Å². The van der Waals surface area contributed by atoms with E-state index in [1.54, 1.807) is 30.0 Å². The van der Waals surface area contributed by atoms with E-state index < -0.39 is 0 Å². The Morgan fingerprint density at radius 2 is 2.07 bits per heavy atom. The average Bonchev–Trinajstić information content (AvgIpc) is 3.11. The van der Waals surface area contributed by atoms with Crippen LogP contribution in [0.1, 0.15) is 41.4 Å². The second kappa shape index (κ2) is 8.83. The van der Waals surface area contributed by atoms with Gasteiger partial charge in [-0.15, -0.1) is 0 Å². The summed E-state index contributed by atoms with van der Waals surface area (Å²) in [5, 5.41) is 0. The number of hydrogen-bond acceptors (Lipinski definition) is 4. The summed E-state index contributed by atoms with van der Waals surface area (Å²) in [6, 6.07) is 11.5. The molecule has 3 heterocycles. The van der Waals surface area contributed by atoms with E-state index in [0.717, 1.165) is 36.1 Å². The van der Waals surface area contributed by atoms with E-state index in [2.05, 4.69) is 10.6 Å². The third-order valence-corrected chi connectivity index (χ3v) is 5.89. The number of imidazole rings is 1. The van der Waals surface area contributed by atoms with Crippen LogP contribution in [0.25, 0.3) is 11.0 Å². The van der Waals surface area contributed by atoms with Gasteiger partial charge >= 0.3 is 0 Å². The van der Waals surface area contributed by atoms with Gasteiger partial charge in [0, 0.05) is 52.5 Å². The van der Waals surface area contributed by atoms with Crippen LogP contribution >= 0.6 is 0 Å². The lowest BCUT2D eigenvalue weighted by molar-refractivity contribution is 0.0701. The number of piperidine rings is 1. The number of amides is 1. The van der Waals surface area contributed by atoms with Crippen LogP contribution in [0.2, 0.25) is 0 Å². The highest BCUT2D eigenvalue weighted by atomic mass is 16.5. The van der Waals surface area contributed by atoms with E-state index in [4.69, 9.17) is 9.72 Å². The highest BCUT2D eigenvalue weighted by Crippen LogP contribution is 2.29. The monoisotopic (exact) mass is 408 g/mol. The molecule has 0 spiro atoms. The van der Waals surface area contributed by atoms with E-state index in [-0.39, 0.29) is 22.9 Å². The van der Waals surface area contributed by atoms with Crippen molar-refractivity contribution in [2.75, 3.05) is 26.8 Å². The van der Waals surface area contributed by atoms with Crippen LogP contribution in [0.5, 0.6) is 0 Å². The number of rotatable bonds is 6. The zero-order valence-corrected chi connectivity index (χ0v) is 17.6. The molecule has 0 saturated carbocycles. The van der Waals surface area contributed by atoms with E-state index >= 15 is 0 Å². The molecule has 7 heteroatoms. The van der Waals surface area contributed by atoms with Gasteiger partial charge in [-0.1, -0.05) is 12.1 Å². The molecule has 1 aliphatic rings. The van der Waals surface area contributed by atoms with Gasteiger partial charge in [0.2, 0.25) is 0 Å². The van der Waals surface area contributed by atoms with Gasteiger partial charge in [0.25, 0.3) is 11.5 Å². The normalized spacial score (nSPS) is 16.9. The summed E-state index contributed by atoms with van der Waals surface area (Å²) in [5.74, 6) is 0.969. The first-order valence-corrected chi connectivity index (χ1v) is 10.5. The lowest BCUT2D eigenvalue weighted by Crippen LogP contribution is -2.42. The number of benzene rings is 1. The third-order valence-electron chi connectivity index (χ3n) is 5.89. The largest absolute Gasteiger partial charge is 0.385 e. The lowest BCUT2D eigenvalue weighted by atomic mass is 9.96. The average molecular weight is 409 g/mol. The number of aromatic nitrogens is 3. The first-order chi connectivity index (χ1) is 14.6. The number of likely N-dealkylation sites (tertiary alicyclic amines) is 1. The predicted octanol–water partition coefficient (Wildman–Crippen LogP) is 2.79. The van der Waals surface area contributed by atoms with Crippen molar-refractivity contribution >= 4 is 16.9 Å². The van der Waals surface area contributed by atoms with Gasteiger partial charge in [-0.2, -0.15) is 0 Å². The van der Waals surface area contributed by atoms with Crippen LogP contribution in [-0.4, -0.2) is 51.7 Å². The Balaban J connectivity index is 1.55. The van der Waals surface area contributed by atoms with E-state index in [9.17, 15) is 9.59 Å². The fraction of sp³-hybridized carbons (Fsp3) is 0.435. The highest BCUT2D eigenvalue weighted by molar-refractivity contribution is 5.94. The van der Waals surface area contributed by atoms with Crippen molar-refractivity contribution in [1.82, 2.24) is 19.0 Å².